The largest absolute Gasteiger partial charge is 0.465 e. The van der Waals surface area contributed by atoms with Crippen LogP contribution in [0.4, 0.5) is 0 Å². The molecule has 18 heavy (non-hydrogen) atoms. The number of cyclic esters (lactones) is 1. The van der Waals surface area contributed by atoms with Gasteiger partial charge in [0.05, 0.1) is 13.0 Å². The predicted molar refractivity (Wildman–Crippen MR) is 63.5 cm³/mol. The Morgan fingerprint density at radius 3 is 2.83 bits per heavy atom. The van der Waals surface area contributed by atoms with Gasteiger partial charge in [-0.25, -0.2) is 4.79 Å². The molecule has 1 aliphatic heterocycles. The topological polar surface area (TPSA) is 52.6 Å². The van der Waals surface area contributed by atoms with Crippen molar-refractivity contribution in [3.8, 4) is 0 Å². The van der Waals surface area contributed by atoms with Crippen LogP contribution in [0, 0.1) is 17.3 Å². The summed E-state index contributed by atoms with van der Waals surface area (Å²) in [6.45, 7) is 5.78. The van der Waals surface area contributed by atoms with Crippen LogP contribution in [-0.4, -0.2) is 24.6 Å². The van der Waals surface area contributed by atoms with Gasteiger partial charge in [0, 0.05) is 16.9 Å². The van der Waals surface area contributed by atoms with Gasteiger partial charge in [0.25, 0.3) is 0 Å². The Hall–Kier alpha value is -1.32. The van der Waals surface area contributed by atoms with E-state index in [0.29, 0.717) is 24.5 Å². The van der Waals surface area contributed by atoms with Gasteiger partial charge in [-0.05, 0) is 32.1 Å². The van der Waals surface area contributed by atoms with Crippen molar-refractivity contribution in [3.63, 3.8) is 0 Å². The highest BCUT2D eigenvalue weighted by Gasteiger charge is 2.60. The summed E-state index contributed by atoms with van der Waals surface area (Å²) >= 11 is 0. The molecule has 3 fully saturated rings. The Labute approximate surface area is 106 Å². The summed E-state index contributed by atoms with van der Waals surface area (Å²) in [5.41, 5.74) is 0.380. The maximum atomic E-state index is 11.6. The molecule has 2 aliphatic carbocycles. The first-order valence-corrected chi connectivity index (χ1v) is 6.52. The van der Waals surface area contributed by atoms with Crippen LogP contribution < -0.4 is 0 Å². The summed E-state index contributed by atoms with van der Waals surface area (Å²) in [5, 5.41) is 0. The number of esters is 2. The second kappa shape index (κ2) is 3.84. The van der Waals surface area contributed by atoms with E-state index in [9.17, 15) is 9.59 Å². The first kappa shape index (κ1) is 11.8. The summed E-state index contributed by atoms with van der Waals surface area (Å²) < 4.78 is 10.7. The van der Waals surface area contributed by atoms with E-state index in [1.807, 2.05) is 0 Å². The molecule has 4 heteroatoms. The van der Waals surface area contributed by atoms with Crippen LogP contribution in [0.1, 0.15) is 32.6 Å². The van der Waals surface area contributed by atoms with E-state index < -0.39 is 0 Å². The molecule has 3 rings (SSSR count). The molecule has 0 aromatic heterocycles. The van der Waals surface area contributed by atoms with Crippen LogP contribution in [0.5, 0.6) is 0 Å². The normalized spacial score (nSPS) is 41.2. The van der Waals surface area contributed by atoms with Crippen LogP contribution in [-0.2, 0) is 19.1 Å². The number of carbonyl (C=O) groups excluding carboxylic acids is 2. The average molecular weight is 250 g/mol. The van der Waals surface area contributed by atoms with Crippen LogP contribution in [0.25, 0.3) is 0 Å². The summed E-state index contributed by atoms with van der Waals surface area (Å²) in [6, 6.07) is 0. The summed E-state index contributed by atoms with van der Waals surface area (Å²) in [7, 11) is 0. The minimum absolute atomic E-state index is 0.0533. The van der Waals surface area contributed by atoms with Crippen molar-refractivity contribution < 1.29 is 19.1 Å². The lowest BCUT2D eigenvalue weighted by molar-refractivity contribution is -0.149. The Morgan fingerprint density at radius 2 is 2.28 bits per heavy atom. The molecule has 1 spiro atoms. The average Bonchev–Trinajstić information content (AvgIpc) is 2.93. The van der Waals surface area contributed by atoms with E-state index in [2.05, 4.69) is 6.58 Å². The van der Waals surface area contributed by atoms with Crippen molar-refractivity contribution >= 4 is 11.9 Å². The molecule has 98 valence electrons. The number of fused-ring (bicyclic) bond motifs is 3. The molecular weight excluding hydrogens is 232 g/mol. The number of hydrogen-bond acceptors (Lipinski definition) is 4. The molecule has 4 nitrogen and oxygen atoms in total. The molecule has 2 saturated carbocycles. The SMILES string of the molecule is C=C(C)C(=O)OC1CC2CC1C1(COC(=O)C1)C2. The number of hydrogen-bond donors (Lipinski definition) is 0. The van der Waals surface area contributed by atoms with Crippen molar-refractivity contribution in [2.75, 3.05) is 6.61 Å². The highest BCUT2D eigenvalue weighted by Crippen LogP contribution is 2.60. The van der Waals surface area contributed by atoms with Gasteiger partial charge in [-0.15, -0.1) is 0 Å². The van der Waals surface area contributed by atoms with Gasteiger partial charge in [-0.3, -0.25) is 4.79 Å². The van der Waals surface area contributed by atoms with Gasteiger partial charge in [-0.1, -0.05) is 6.58 Å². The molecular formula is C14H18O4. The molecule has 0 aromatic carbocycles. The van der Waals surface area contributed by atoms with Crippen molar-refractivity contribution in [2.24, 2.45) is 17.3 Å². The van der Waals surface area contributed by atoms with E-state index in [-0.39, 0.29) is 29.4 Å². The van der Waals surface area contributed by atoms with Crippen LogP contribution in [0.3, 0.4) is 0 Å². The number of rotatable bonds is 2. The zero-order valence-electron chi connectivity index (χ0n) is 10.6. The fourth-order valence-electron chi connectivity index (χ4n) is 3.99. The molecule has 4 unspecified atom stereocenters. The Morgan fingerprint density at radius 1 is 1.50 bits per heavy atom. The zero-order chi connectivity index (χ0) is 12.9. The van der Waals surface area contributed by atoms with Crippen molar-refractivity contribution in [1.29, 1.82) is 0 Å². The monoisotopic (exact) mass is 250 g/mol. The van der Waals surface area contributed by atoms with Gasteiger partial charge in [0.1, 0.15) is 6.10 Å². The summed E-state index contributed by atoms with van der Waals surface area (Å²) in [6.07, 6.45) is 3.48. The maximum absolute atomic E-state index is 11.6. The van der Waals surface area contributed by atoms with Crippen molar-refractivity contribution in [1.82, 2.24) is 0 Å². The fourth-order valence-corrected chi connectivity index (χ4v) is 3.99. The third-order valence-corrected chi connectivity index (χ3v) is 4.71. The minimum Gasteiger partial charge on any atom is -0.465 e. The zero-order valence-corrected chi connectivity index (χ0v) is 10.6. The van der Waals surface area contributed by atoms with E-state index >= 15 is 0 Å². The highest BCUT2D eigenvalue weighted by molar-refractivity contribution is 5.87. The van der Waals surface area contributed by atoms with Gasteiger partial charge < -0.3 is 9.47 Å². The van der Waals surface area contributed by atoms with Crippen molar-refractivity contribution in [3.05, 3.63) is 12.2 Å². The lowest BCUT2D eigenvalue weighted by Gasteiger charge is -2.35. The first-order chi connectivity index (χ1) is 8.50. The Bertz CT molecular complexity index is 428. The lowest BCUT2D eigenvalue weighted by atomic mass is 9.71. The molecule has 1 heterocycles. The minimum atomic E-state index is -0.312. The van der Waals surface area contributed by atoms with Gasteiger partial charge in [0.2, 0.25) is 0 Å². The third-order valence-electron chi connectivity index (χ3n) is 4.71. The fraction of sp³-hybridized carbons (Fsp3) is 0.714. The molecule has 0 radical (unpaired) electrons. The van der Waals surface area contributed by atoms with Gasteiger partial charge >= 0.3 is 11.9 Å². The highest BCUT2D eigenvalue weighted by atomic mass is 16.5. The quantitative estimate of drug-likeness (QED) is 0.554. The summed E-state index contributed by atoms with van der Waals surface area (Å²) in [5.74, 6) is 0.449. The van der Waals surface area contributed by atoms with Crippen LogP contribution >= 0.6 is 0 Å². The van der Waals surface area contributed by atoms with E-state index in [1.165, 1.54) is 0 Å². The predicted octanol–water partition coefficient (Wildman–Crippen LogP) is 1.84. The van der Waals surface area contributed by atoms with E-state index in [0.717, 1.165) is 19.3 Å². The lowest BCUT2D eigenvalue weighted by Crippen LogP contribution is -2.38. The smallest absolute Gasteiger partial charge is 0.333 e. The number of ether oxygens (including phenoxy) is 2. The molecule has 0 amide bonds. The molecule has 0 aromatic rings. The Kier molecular flexibility index (Phi) is 2.50. The van der Waals surface area contributed by atoms with E-state index in [1.54, 1.807) is 6.92 Å². The second-order valence-corrected chi connectivity index (χ2v) is 6.07. The van der Waals surface area contributed by atoms with Crippen molar-refractivity contribution in [2.45, 2.75) is 38.7 Å². The molecule has 4 atom stereocenters. The van der Waals surface area contributed by atoms with Gasteiger partial charge in [0.15, 0.2) is 0 Å². The van der Waals surface area contributed by atoms with Crippen LogP contribution in [0.2, 0.25) is 0 Å². The standard InChI is InChI=1S/C14H18O4/c1-8(2)13(16)18-11-4-9-3-10(11)14(5-9)6-12(15)17-7-14/h9-11H,1,3-7H2,2H3. The molecule has 1 saturated heterocycles. The second-order valence-electron chi connectivity index (χ2n) is 6.07. The first-order valence-electron chi connectivity index (χ1n) is 6.52. The maximum Gasteiger partial charge on any atom is 0.333 e. The summed E-state index contributed by atoms with van der Waals surface area (Å²) in [4.78, 5) is 23.0. The van der Waals surface area contributed by atoms with Gasteiger partial charge in [-0.2, -0.15) is 0 Å². The molecule has 3 aliphatic rings. The molecule has 0 N–H and O–H groups in total. The third kappa shape index (κ3) is 1.66. The van der Waals surface area contributed by atoms with E-state index in [4.69, 9.17) is 9.47 Å². The Balaban J connectivity index is 1.74. The number of carbonyl (C=O) groups is 2. The van der Waals surface area contributed by atoms with Crippen LogP contribution in [0.15, 0.2) is 12.2 Å². The molecule has 2 bridgehead atoms.